The highest BCUT2D eigenvalue weighted by molar-refractivity contribution is 7.19. The van der Waals surface area contributed by atoms with Gasteiger partial charge in [-0.15, -0.1) is 10.2 Å². The normalized spacial score (nSPS) is 17.6. The van der Waals surface area contributed by atoms with Crippen molar-refractivity contribution >= 4 is 33.4 Å². The van der Waals surface area contributed by atoms with E-state index in [1.165, 1.54) is 11.3 Å². The molecule has 2 fully saturated rings. The Morgan fingerprint density at radius 3 is 2.69 bits per heavy atom. The second kappa shape index (κ2) is 8.77. The molecule has 2 amide bonds. The Kier molecular flexibility index (Phi) is 5.94. The van der Waals surface area contributed by atoms with Crippen LogP contribution in [0.1, 0.15) is 31.2 Å². The van der Waals surface area contributed by atoms with Crippen LogP contribution in [0.4, 0.5) is 10.3 Å². The number of ether oxygens (including phenoxy) is 1. The summed E-state index contributed by atoms with van der Waals surface area (Å²) in [4.78, 5) is 28.3. The number of rotatable bonds is 6. The van der Waals surface area contributed by atoms with Crippen LogP contribution in [-0.2, 0) is 16.1 Å². The number of benzene rings is 1. The van der Waals surface area contributed by atoms with Crippen LogP contribution in [0.3, 0.4) is 0 Å². The molecule has 0 atom stereocenters. The average molecular weight is 416 g/mol. The lowest BCUT2D eigenvalue weighted by molar-refractivity contribution is -0.125. The predicted molar refractivity (Wildman–Crippen MR) is 111 cm³/mol. The van der Waals surface area contributed by atoms with Crippen LogP contribution in [-0.4, -0.2) is 48.8 Å². The first kappa shape index (κ1) is 19.6. The van der Waals surface area contributed by atoms with Crippen molar-refractivity contribution in [2.75, 3.05) is 36.5 Å². The highest BCUT2D eigenvalue weighted by Crippen LogP contribution is 2.32. The van der Waals surface area contributed by atoms with Gasteiger partial charge in [-0.05, 0) is 25.3 Å². The van der Waals surface area contributed by atoms with E-state index in [0.29, 0.717) is 18.1 Å². The third-order valence-electron chi connectivity index (χ3n) is 5.49. The summed E-state index contributed by atoms with van der Waals surface area (Å²) in [6.07, 6.45) is 3.01. The number of para-hydroxylation sites is 1. The highest BCUT2D eigenvalue weighted by atomic mass is 32.1. The zero-order valence-electron chi connectivity index (χ0n) is 16.5. The summed E-state index contributed by atoms with van der Waals surface area (Å²) >= 11 is 1.46. The van der Waals surface area contributed by atoms with Gasteiger partial charge in [-0.3, -0.25) is 14.5 Å². The Labute approximate surface area is 173 Å². The van der Waals surface area contributed by atoms with Crippen LogP contribution in [0.2, 0.25) is 0 Å². The Morgan fingerprint density at radius 1 is 1.21 bits per heavy atom. The minimum Gasteiger partial charge on any atom is -0.496 e. The molecule has 0 saturated carbocycles. The van der Waals surface area contributed by atoms with E-state index in [-0.39, 0.29) is 17.7 Å². The van der Waals surface area contributed by atoms with E-state index in [2.05, 4.69) is 20.4 Å². The van der Waals surface area contributed by atoms with Crippen molar-refractivity contribution in [3.63, 3.8) is 0 Å². The van der Waals surface area contributed by atoms with Crippen molar-refractivity contribution < 1.29 is 14.3 Å². The number of amides is 2. The van der Waals surface area contributed by atoms with Gasteiger partial charge in [0, 0.05) is 44.1 Å². The number of piperidine rings is 1. The molecule has 1 aromatic carbocycles. The molecule has 29 heavy (non-hydrogen) atoms. The van der Waals surface area contributed by atoms with Crippen molar-refractivity contribution in [2.45, 2.75) is 32.2 Å². The third kappa shape index (κ3) is 4.34. The van der Waals surface area contributed by atoms with Crippen molar-refractivity contribution in [1.82, 2.24) is 15.5 Å². The van der Waals surface area contributed by atoms with Crippen LogP contribution in [0.5, 0.6) is 5.75 Å². The first-order chi connectivity index (χ1) is 14.2. The Bertz CT molecular complexity index is 879. The maximum Gasteiger partial charge on any atom is 0.228 e. The van der Waals surface area contributed by atoms with Crippen LogP contribution < -0.4 is 19.9 Å². The summed E-state index contributed by atoms with van der Waals surface area (Å²) in [6.45, 7) is 2.71. The van der Waals surface area contributed by atoms with Gasteiger partial charge in [0.15, 0.2) is 0 Å². The summed E-state index contributed by atoms with van der Waals surface area (Å²) in [5, 5.41) is 13.0. The molecule has 2 aromatic rings. The van der Waals surface area contributed by atoms with E-state index in [1.807, 2.05) is 24.3 Å². The molecule has 0 spiro atoms. The first-order valence-corrected chi connectivity index (χ1v) is 10.8. The van der Waals surface area contributed by atoms with E-state index in [4.69, 9.17) is 4.74 Å². The molecule has 0 radical (unpaired) electrons. The number of anilines is 2. The number of aromatic nitrogens is 2. The Hall–Kier alpha value is -2.68. The second-order valence-corrected chi connectivity index (χ2v) is 8.24. The molecule has 8 nitrogen and oxygen atoms in total. The summed E-state index contributed by atoms with van der Waals surface area (Å²) in [6, 6.07) is 7.71. The fourth-order valence-corrected chi connectivity index (χ4v) is 4.75. The number of nitrogens with zero attached hydrogens (tertiary/aromatic N) is 4. The van der Waals surface area contributed by atoms with Gasteiger partial charge < -0.3 is 15.0 Å². The van der Waals surface area contributed by atoms with Gasteiger partial charge >= 0.3 is 0 Å². The maximum atomic E-state index is 12.6. The van der Waals surface area contributed by atoms with E-state index in [1.54, 1.807) is 12.0 Å². The number of methoxy groups -OCH3 is 1. The number of carbonyl (C=O) groups is 2. The van der Waals surface area contributed by atoms with Crippen molar-refractivity contribution in [1.29, 1.82) is 0 Å². The summed E-state index contributed by atoms with van der Waals surface area (Å²) in [7, 11) is 1.63. The molecule has 9 heteroatoms. The smallest absolute Gasteiger partial charge is 0.228 e. The molecular formula is C20H25N5O3S. The molecule has 0 unspecified atom stereocenters. The molecule has 0 bridgehead atoms. The van der Waals surface area contributed by atoms with E-state index < -0.39 is 0 Å². The topological polar surface area (TPSA) is 87.7 Å². The fourth-order valence-electron chi connectivity index (χ4n) is 3.80. The molecule has 4 rings (SSSR count). The van der Waals surface area contributed by atoms with Crippen LogP contribution >= 0.6 is 11.3 Å². The lowest BCUT2D eigenvalue weighted by atomic mass is 9.96. The number of carbonyl (C=O) groups excluding carboxylic acids is 2. The Balaban J connectivity index is 1.28. The molecule has 2 saturated heterocycles. The van der Waals surface area contributed by atoms with E-state index in [9.17, 15) is 9.59 Å². The SMILES string of the molecule is COc1ccccc1CNC(=O)C1CCN(c2nnc(N3CCCC3=O)s2)CC1. The van der Waals surface area contributed by atoms with Gasteiger partial charge in [-0.1, -0.05) is 29.5 Å². The predicted octanol–water partition coefficient (Wildman–Crippen LogP) is 2.21. The van der Waals surface area contributed by atoms with Crippen LogP contribution in [0, 0.1) is 5.92 Å². The molecule has 2 aliphatic rings. The number of nitrogens with one attached hydrogen (secondary N) is 1. The van der Waals surface area contributed by atoms with Gasteiger partial charge in [0.05, 0.1) is 7.11 Å². The quantitative estimate of drug-likeness (QED) is 0.778. The second-order valence-electron chi connectivity index (χ2n) is 7.31. The summed E-state index contributed by atoms with van der Waals surface area (Å²) in [5.74, 6) is 0.981. The monoisotopic (exact) mass is 415 g/mol. The lowest BCUT2D eigenvalue weighted by Gasteiger charge is -2.30. The van der Waals surface area contributed by atoms with Crippen molar-refractivity contribution in [3.05, 3.63) is 29.8 Å². The van der Waals surface area contributed by atoms with Gasteiger partial charge in [0.1, 0.15) is 5.75 Å². The van der Waals surface area contributed by atoms with E-state index >= 15 is 0 Å². The zero-order valence-corrected chi connectivity index (χ0v) is 17.3. The van der Waals surface area contributed by atoms with Crippen molar-refractivity contribution in [2.24, 2.45) is 5.92 Å². The van der Waals surface area contributed by atoms with Gasteiger partial charge in [0.2, 0.25) is 22.1 Å². The molecule has 2 aliphatic heterocycles. The molecular weight excluding hydrogens is 390 g/mol. The molecule has 1 N–H and O–H groups in total. The molecule has 3 heterocycles. The molecule has 0 aliphatic carbocycles. The molecule has 1 aromatic heterocycles. The summed E-state index contributed by atoms with van der Waals surface area (Å²) in [5.41, 5.74) is 0.971. The van der Waals surface area contributed by atoms with Gasteiger partial charge in [-0.2, -0.15) is 0 Å². The average Bonchev–Trinajstić information content (AvgIpc) is 3.41. The zero-order chi connectivity index (χ0) is 20.2. The Morgan fingerprint density at radius 2 is 1.97 bits per heavy atom. The third-order valence-corrected chi connectivity index (χ3v) is 6.50. The fraction of sp³-hybridized carbons (Fsp3) is 0.500. The van der Waals surface area contributed by atoms with Gasteiger partial charge in [-0.25, -0.2) is 0 Å². The largest absolute Gasteiger partial charge is 0.496 e. The maximum absolute atomic E-state index is 12.6. The standard InChI is InChI=1S/C20H25N5O3S/c1-28-16-6-3-2-5-15(16)13-21-18(27)14-8-11-24(12-9-14)19-22-23-20(29-19)25-10-4-7-17(25)26/h2-3,5-6,14H,4,7-13H2,1H3,(H,21,27). The van der Waals surface area contributed by atoms with Gasteiger partial charge in [0.25, 0.3) is 0 Å². The number of hydrogen-bond acceptors (Lipinski definition) is 7. The lowest BCUT2D eigenvalue weighted by Crippen LogP contribution is -2.40. The highest BCUT2D eigenvalue weighted by Gasteiger charge is 2.29. The summed E-state index contributed by atoms with van der Waals surface area (Å²) < 4.78 is 5.34. The van der Waals surface area contributed by atoms with Crippen LogP contribution in [0.25, 0.3) is 0 Å². The van der Waals surface area contributed by atoms with E-state index in [0.717, 1.165) is 55.3 Å². The van der Waals surface area contributed by atoms with Crippen molar-refractivity contribution in [3.8, 4) is 5.75 Å². The minimum absolute atomic E-state index is 0.00601. The number of hydrogen-bond donors (Lipinski definition) is 1. The van der Waals surface area contributed by atoms with Crippen LogP contribution in [0.15, 0.2) is 24.3 Å². The molecule has 154 valence electrons. The first-order valence-electron chi connectivity index (χ1n) is 9.94. The minimum atomic E-state index is -0.00601.